The summed E-state index contributed by atoms with van der Waals surface area (Å²) < 4.78 is 11.8. The second kappa shape index (κ2) is 9.66. The molecule has 4 aromatic rings. The van der Waals surface area contributed by atoms with Crippen LogP contribution in [0.2, 0.25) is 0 Å². The van der Waals surface area contributed by atoms with Crippen LogP contribution in [-0.2, 0) is 0 Å². The Bertz CT molecular complexity index is 1160. The summed E-state index contributed by atoms with van der Waals surface area (Å²) in [7, 11) is 0. The number of nitrogens with zero attached hydrogens (tertiary/aromatic N) is 2. The molecule has 0 spiro atoms. The highest BCUT2D eigenvalue weighted by molar-refractivity contribution is 5.80. The van der Waals surface area contributed by atoms with E-state index in [1.807, 2.05) is 72.8 Å². The van der Waals surface area contributed by atoms with Crippen LogP contribution in [0.15, 0.2) is 79.0 Å². The first-order valence-corrected chi connectivity index (χ1v) is 11.0. The lowest BCUT2D eigenvalue weighted by molar-refractivity contribution is 0.209. The molecular formula is C26H26N4O2. The molecule has 32 heavy (non-hydrogen) atoms. The van der Waals surface area contributed by atoms with E-state index in [4.69, 9.17) is 9.47 Å². The zero-order chi connectivity index (χ0) is 21.6. The van der Waals surface area contributed by atoms with Crippen LogP contribution in [0.25, 0.3) is 11.0 Å². The zero-order valence-electron chi connectivity index (χ0n) is 17.8. The number of anilines is 2. The Balaban J connectivity index is 1.24. The summed E-state index contributed by atoms with van der Waals surface area (Å²) in [5.74, 6) is 2.77. The number of hydrogen-bond acceptors (Lipinski definition) is 6. The summed E-state index contributed by atoms with van der Waals surface area (Å²) >= 11 is 0. The van der Waals surface area contributed by atoms with E-state index in [0.717, 1.165) is 59.8 Å². The van der Waals surface area contributed by atoms with Crippen molar-refractivity contribution < 1.29 is 9.47 Å². The molecule has 2 heterocycles. The van der Waals surface area contributed by atoms with Gasteiger partial charge in [-0.2, -0.15) is 0 Å². The molecular weight excluding hydrogens is 400 g/mol. The SMILES string of the molecule is c1ccc(Oc2ccc(Nc3ccc4ncc(OCC5CCNCC5)nc4c3)cc2)cc1. The molecule has 1 aliphatic rings. The van der Waals surface area contributed by atoms with E-state index >= 15 is 0 Å². The van der Waals surface area contributed by atoms with Gasteiger partial charge in [-0.3, -0.25) is 0 Å². The van der Waals surface area contributed by atoms with Crippen molar-refractivity contribution in [3.8, 4) is 17.4 Å². The monoisotopic (exact) mass is 426 g/mol. The van der Waals surface area contributed by atoms with Gasteiger partial charge in [-0.1, -0.05) is 18.2 Å². The van der Waals surface area contributed by atoms with Crippen LogP contribution in [0, 0.1) is 5.92 Å². The topological polar surface area (TPSA) is 68.3 Å². The van der Waals surface area contributed by atoms with Gasteiger partial charge in [0.1, 0.15) is 11.5 Å². The van der Waals surface area contributed by atoms with Crippen LogP contribution in [0.1, 0.15) is 12.8 Å². The lowest BCUT2D eigenvalue weighted by Crippen LogP contribution is -2.30. The van der Waals surface area contributed by atoms with Crippen molar-refractivity contribution in [1.82, 2.24) is 15.3 Å². The highest BCUT2D eigenvalue weighted by Crippen LogP contribution is 2.26. The maximum Gasteiger partial charge on any atom is 0.232 e. The molecule has 162 valence electrons. The molecule has 0 unspecified atom stereocenters. The first-order chi connectivity index (χ1) is 15.8. The van der Waals surface area contributed by atoms with Crippen molar-refractivity contribution in [2.75, 3.05) is 25.0 Å². The fraction of sp³-hybridized carbons (Fsp3) is 0.231. The van der Waals surface area contributed by atoms with E-state index in [1.54, 1.807) is 6.20 Å². The van der Waals surface area contributed by atoms with Crippen LogP contribution in [-0.4, -0.2) is 29.7 Å². The van der Waals surface area contributed by atoms with E-state index in [1.165, 1.54) is 0 Å². The predicted molar refractivity (Wildman–Crippen MR) is 127 cm³/mol. The average molecular weight is 427 g/mol. The predicted octanol–water partition coefficient (Wildman–Crippen LogP) is 5.54. The van der Waals surface area contributed by atoms with Gasteiger partial charge in [0.15, 0.2) is 0 Å². The number of para-hydroxylation sites is 1. The van der Waals surface area contributed by atoms with Gasteiger partial charge in [0, 0.05) is 11.4 Å². The van der Waals surface area contributed by atoms with Gasteiger partial charge in [0.05, 0.1) is 23.8 Å². The molecule has 1 fully saturated rings. The number of fused-ring (bicyclic) bond motifs is 1. The van der Waals surface area contributed by atoms with Crippen LogP contribution in [0.5, 0.6) is 17.4 Å². The van der Waals surface area contributed by atoms with E-state index in [9.17, 15) is 0 Å². The number of nitrogens with one attached hydrogen (secondary N) is 2. The van der Waals surface area contributed by atoms with Gasteiger partial charge in [0.25, 0.3) is 0 Å². The summed E-state index contributed by atoms with van der Waals surface area (Å²) in [4.78, 5) is 9.16. The van der Waals surface area contributed by atoms with Crippen LogP contribution < -0.4 is 20.1 Å². The molecule has 0 radical (unpaired) electrons. The lowest BCUT2D eigenvalue weighted by atomic mass is 9.99. The number of aromatic nitrogens is 2. The second-order valence-corrected chi connectivity index (χ2v) is 7.98. The molecule has 1 saturated heterocycles. The average Bonchev–Trinajstić information content (AvgIpc) is 2.85. The summed E-state index contributed by atoms with van der Waals surface area (Å²) in [6, 6.07) is 23.6. The van der Waals surface area contributed by atoms with E-state index in [0.29, 0.717) is 18.4 Å². The molecule has 0 amide bonds. The maximum atomic E-state index is 5.94. The largest absolute Gasteiger partial charge is 0.476 e. The first-order valence-electron chi connectivity index (χ1n) is 11.0. The Labute approximate surface area is 187 Å². The Morgan fingerprint density at radius 3 is 2.41 bits per heavy atom. The Morgan fingerprint density at radius 1 is 0.844 bits per heavy atom. The van der Waals surface area contributed by atoms with E-state index < -0.39 is 0 Å². The summed E-state index contributed by atoms with van der Waals surface area (Å²) in [6.45, 7) is 2.81. The molecule has 2 N–H and O–H groups in total. The number of piperidine rings is 1. The molecule has 5 rings (SSSR count). The third kappa shape index (κ3) is 5.15. The number of ether oxygens (including phenoxy) is 2. The molecule has 0 saturated carbocycles. The summed E-state index contributed by atoms with van der Waals surface area (Å²) in [6.07, 6.45) is 4.00. The molecule has 3 aromatic carbocycles. The molecule has 6 nitrogen and oxygen atoms in total. The highest BCUT2D eigenvalue weighted by atomic mass is 16.5. The van der Waals surface area contributed by atoms with Gasteiger partial charge in [-0.05, 0) is 86.4 Å². The number of hydrogen-bond donors (Lipinski definition) is 2. The van der Waals surface area contributed by atoms with E-state index in [2.05, 4.69) is 20.6 Å². The van der Waals surface area contributed by atoms with E-state index in [-0.39, 0.29) is 0 Å². The van der Waals surface area contributed by atoms with Gasteiger partial charge >= 0.3 is 0 Å². The van der Waals surface area contributed by atoms with Crippen molar-refractivity contribution in [3.63, 3.8) is 0 Å². The molecule has 6 heteroatoms. The minimum Gasteiger partial charge on any atom is -0.476 e. The van der Waals surface area contributed by atoms with Crippen molar-refractivity contribution in [1.29, 1.82) is 0 Å². The Morgan fingerprint density at radius 2 is 1.59 bits per heavy atom. The normalized spacial score (nSPS) is 14.2. The fourth-order valence-corrected chi connectivity index (χ4v) is 3.79. The number of rotatable bonds is 7. The van der Waals surface area contributed by atoms with Gasteiger partial charge in [-0.25, -0.2) is 9.97 Å². The maximum absolute atomic E-state index is 5.94. The zero-order valence-corrected chi connectivity index (χ0v) is 17.8. The van der Waals surface area contributed by atoms with Crippen molar-refractivity contribution in [2.45, 2.75) is 12.8 Å². The van der Waals surface area contributed by atoms with Gasteiger partial charge in [0.2, 0.25) is 5.88 Å². The van der Waals surface area contributed by atoms with Crippen LogP contribution in [0.4, 0.5) is 11.4 Å². The van der Waals surface area contributed by atoms with Gasteiger partial charge < -0.3 is 20.1 Å². The highest BCUT2D eigenvalue weighted by Gasteiger charge is 2.14. The Kier molecular flexibility index (Phi) is 6.12. The molecule has 0 atom stereocenters. The molecule has 1 aliphatic heterocycles. The minimum atomic E-state index is 0.579. The quantitative estimate of drug-likeness (QED) is 0.404. The van der Waals surface area contributed by atoms with Crippen molar-refractivity contribution in [3.05, 3.63) is 79.0 Å². The molecule has 0 bridgehead atoms. The third-order valence-corrected chi connectivity index (χ3v) is 5.57. The summed E-state index contributed by atoms with van der Waals surface area (Å²) in [5.41, 5.74) is 3.56. The Hall–Kier alpha value is -3.64. The minimum absolute atomic E-state index is 0.579. The van der Waals surface area contributed by atoms with Crippen LogP contribution >= 0.6 is 0 Å². The van der Waals surface area contributed by atoms with Crippen LogP contribution in [0.3, 0.4) is 0 Å². The lowest BCUT2D eigenvalue weighted by Gasteiger charge is -2.22. The van der Waals surface area contributed by atoms with Crippen molar-refractivity contribution >= 4 is 22.4 Å². The second-order valence-electron chi connectivity index (χ2n) is 7.98. The smallest absolute Gasteiger partial charge is 0.232 e. The standard InChI is InChI=1S/C26H26N4O2/c1-2-4-22(5-3-1)32-23-9-6-20(7-10-23)29-21-8-11-24-25(16-21)30-26(17-28-24)31-18-19-12-14-27-15-13-19/h1-11,16-17,19,27,29H,12-15,18H2. The third-order valence-electron chi connectivity index (χ3n) is 5.57. The fourth-order valence-electron chi connectivity index (χ4n) is 3.79. The van der Waals surface area contributed by atoms with Crippen molar-refractivity contribution in [2.24, 2.45) is 5.92 Å². The molecule has 0 aliphatic carbocycles. The summed E-state index contributed by atoms with van der Waals surface area (Å²) in [5, 5.41) is 6.80. The molecule has 1 aromatic heterocycles. The van der Waals surface area contributed by atoms with Gasteiger partial charge in [-0.15, -0.1) is 0 Å². The number of benzene rings is 3. The first kappa shape index (κ1) is 20.3.